The largest absolute Gasteiger partial charge is 0.338 e. The van der Waals surface area contributed by atoms with Crippen LogP contribution in [-0.4, -0.2) is 34.0 Å². The van der Waals surface area contributed by atoms with Crippen LogP contribution in [0.2, 0.25) is 10.0 Å². The molecule has 1 N–H and O–H groups in total. The third-order valence-corrected chi connectivity index (χ3v) is 5.76. The minimum Gasteiger partial charge on any atom is -0.338 e. The van der Waals surface area contributed by atoms with E-state index in [1.807, 2.05) is 31.2 Å². The van der Waals surface area contributed by atoms with Crippen molar-refractivity contribution in [2.45, 2.75) is 26.3 Å². The first-order valence-electron chi connectivity index (χ1n) is 9.86. The summed E-state index contributed by atoms with van der Waals surface area (Å²) in [5.41, 5.74) is 2.63. The van der Waals surface area contributed by atoms with Gasteiger partial charge >= 0.3 is 0 Å². The molecule has 1 aromatic heterocycles. The number of carbonyl (C=O) groups is 1. The number of amides is 1. The van der Waals surface area contributed by atoms with Crippen molar-refractivity contribution in [2.75, 3.05) is 18.4 Å². The zero-order valence-electron chi connectivity index (χ0n) is 16.6. The number of likely N-dealkylation sites (tertiary alicyclic amines) is 1. The van der Waals surface area contributed by atoms with Crippen LogP contribution in [0, 0.1) is 12.8 Å². The average molecular weight is 445 g/mol. The maximum atomic E-state index is 12.8. The molecule has 1 amide bonds. The van der Waals surface area contributed by atoms with Gasteiger partial charge < -0.3 is 9.84 Å². The molecule has 2 heterocycles. The Morgan fingerprint density at radius 2 is 2.03 bits per heavy atom. The number of hydrogen-bond donors (Lipinski definition) is 1. The van der Waals surface area contributed by atoms with Crippen molar-refractivity contribution in [1.82, 2.24) is 15.0 Å². The van der Waals surface area contributed by atoms with Crippen LogP contribution in [0.4, 0.5) is 5.69 Å². The summed E-state index contributed by atoms with van der Waals surface area (Å²) >= 11 is 12.2. The number of aryl methyl sites for hydroxylation is 1. The SMILES string of the molecule is Cc1ccc(-c2noc(CN3CCCC(C(=O)Nc4cc(Cl)ccc4Cl)C3)n2)cc1. The number of nitrogens with zero attached hydrogens (tertiary/aromatic N) is 3. The lowest BCUT2D eigenvalue weighted by atomic mass is 9.97. The Kier molecular flexibility index (Phi) is 6.37. The first kappa shape index (κ1) is 20.8. The molecule has 1 atom stereocenters. The number of halogens is 2. The van der Waals surface area contributed by atoms with Crippen LogP contribution in [-0.2, 0) is 11.3 Å². The van der Waals surface area contributed by atoms with Gasteiger partial charge in [0.2, 0.25) is 17.6 Å². The van der Waals surface area contributed by atoms with Gasteiger partial charge in [0.1, 0.15) is 0 Å². The Bertz CT molecular complexity index is 1040. The fourth-order valence-electron chi connectivity index (χ4n) is 3.57. The van der Waals surface area contributed by atoms with E-state index in [4.69, 9.17) is 27.7 Å². The highest BCUT2D eigenvalue weighted by Crippen LogP contribution is 2.27. The number of nitrogens with one attached hydrogen (secondary N) is 1. The number of benzene rings is 2. The lowest BCUT2D eigenvalue weighted by Gasteiger charge is -2.30. The molecule has 1 fully saturated rings. The molecule has 1 aliphatic heterocycles. The third kappa shape index (κ3) is 5.01. The lowest BCUT2D eigenvalue weighted by molar-refractivity contribution is -0.121. The van der Waals surface area contributed by atoms with Gasteiger partial charge in [0, 0.05) is 17.1 Å². The average Bonchev–Trinajstić information content (AvgIpc) is 3.20. The molecular weight excluding hydrogens is 423 g/mol. The molecule has 0 bridgehead atoms. The van der Waals surface area contributed by atoms with E-state index in [2.05, 4.69) is 20.4 Å². The summed E-state index contributed by atoms with van der Waals surface area (Å²) in [7, 11) is 0. The summed E-state index contributed by atoms with van der Waals surface area (Å²) in [5.74, 6) is 0.916. The maximum absolute atomic E-state index is 12.8. The molecule has 8 heteroatoms. The molecule has 1 saturated heterocycles. The molecule has 6 nitrogen and oxygen atoms in total. The normalized spacial score (nSPS) is 17.1. The lowest BCUT2D eigenvalue weighted by Crippen LogP contribution is -2.40. The molecule has 1 aliphatic rings. The van der Waals surface area contributed by atoms with Crippen LogP contribution in [0.15, 0.2) is 47.0 Å². The van der Waals surface area contributed by atoms with Crippen molar-refractivity contribution in [3.8, 4) is 11.4 Å². The van der Waals surface area contributed by atoms with Crippen molar-refractivity contribution >= 4 is 34.8 Å². The number of anilines is 1. The molecule has 2 aromatic carbocycles. The van der Waals surface area contributed by atoms with Gasteiger partial charge in [-0.25, -0.2) is 0 Å². The van der Waals surface area contributed by atoms with E-state index in [0.717, 1.165) is 24.9 Å². The number of aromatic nitrogens is 2. The van der Waals surface area contributed by atoms with Crippen LogP contribution in [0.3, 0.4) is 0 Å². The first-order chi connectivity index (χ1) is 14.5. The fourth-order valence-corrected chi connectivity index (χ4v) is 3.91. The summed E-state index contributed by atoms with van der Waals surface area (Å²) < 4.78 is 5.44. The maximum Gasteiger partial charge on any atom is 0.241 e. The Morgan fingerprint density at radius 3 is 2.83 bits per heavy atom. The predicted octanol–water partition coefficient (Wildman–Crippen LogP) is 5.20. The zero-order chi connectivity index (χ0) is 21.1. The fraction of sp³-hybridized carbons (Fsp3) is 0.318. The summed E-state index contributed by atoms with van der Waals surface area (Å²) in [5, 5.41) is 7.99. The smallest absolute Gasteiger partial charge is 0.241 e. The number of rotatable bonds is 5. The van der Waals surface area contributed by atoms with Gasteiger partial charge in [0.15, 0.2) is 0 Å². The van der Waals surface area contributed by atoms with E-state index in [9.17, 15) is 4.79 Å². The van der Waals surface area contributed by atoms with Crippen molar-refractivity contribution in [1.29, 1.82) is 0 Å². The minimum atomic E-state index is -0.145. The number of carbonyl (C=O) groups excluding carboxylic acids is 1. The molecule has 4 rings (SSSR count). The van der Waals surface area contributed by atoms with E-state index in [-0.39, 0.29) is 11.8 Å². The second kappa shape index (κ2) is 9.16. The van der Waals surface area contributed by atoms with E-state index < -0.39 is 0 Å². The number of hydrogen-bond acceptors (Lipinski definition) is 5. The van der Waals surface area contributed by atoms with Crippen molar-refractivity contribution in [2.24, 2.45) is 5.92 Å². The topological polar surface area (TPSA) is 71.3 Å². The second-order valence-electron chi connectivity index (χ2n) is 7.57. The molecule has 30 heavy (non-hydrogen) atoms. The number of piperidine rings is 1. The highest BCUT2D eigenvalue weighted by molar-refractivity contribution is 6.35. The summed E-state index contributed by atoms with van der Waals surface area (Å²) in [6.07, 6.45) is 1.74. The molecule has 0 aliphatic carbocycles. The Hall–Kier alpha value is -2.41. The quantitative estimate of drug-likeness (QED) is 0.585. The van der Waals surface area contributed by atoms with Gasteiger partial charge in [-0.3, -0.25) is 9.69 Å². The van der Waals surface area contributed by atoms with Gasteiger partial charge in [0.05, 0.1) is 23.2 Å². The van der Waals surface area contributed by atoms with Crippen LogP contribution >= 0.6 is 23.2 Å². The van der Waals surface area contributed by atoms with E-state index >= 15 is 0 Å². The highest BCUT2D eigenvalue weighted by atomic mass is 35.5. The monoisotopic (exact) mass is 444 g/mol. The second-order valence-corrected chi connectivity index (χ2v) is 8.41. The van der Waals surface area contributed by atoms with Crippen LogP contribution < -0.4 is 5.32 Å². The highest BCUT2D eigenvalue weighted by Gasteiger charge is 2.27. The van der Waals surface area contributed by atoms with Gasteiger partial charge in [-0.15, -0.1) is 0 Å². The Labute approximate surface area is 185 Å². The summed E-state index contributed by atoms with van der Waals surface area (Å²) in [6.45, 7) is 4.05. The van der Waals surface area contributed by atoms with Crippen molar-refractivity contribution in [3.63, 3.8) is 0 Å². The van der Waals surface area contributed by atoms with Crippen LogP contribution in [0.25, 0.3) is 11.4 Å². The third-order valence-electron chi connectivity index (χ3n) is 5.20. The molecule has 0 saturated carbocycles. The summed E-state index contributed by atoms with van der Waals surface area (Å²) in [6, 6.07) is 13.0. The Balaban J connectivity index is 1.38. The Morgan fingerprint density at radius 1 is 1.23 bits per heavy atom. The van der Waals surface area contributed by atoms with Crippen LogP contribution in [0.5, 0.6) is 0 Å². The van der Waals surface area contributed by atoms with Gasteiger partial charge in [-0.1, -0.05) is 58.2 Å². The molecule has 3 aromatic rings. The minimum absolute atomic E-state index is 0.0604. The molecule has 1 unspecified atom stereocenters. The molecule has 0 radical (unpaired) electrons. The van der Waals surface area contributed by atoms with E-state index in [1.165, 1.54) is 5.56 Å². The van der Waals surface area contributed by atoms with Gasteiger partial charge in [-0.2, -0.15) is 4.98 Å². The van der Waals surface area contributed by atoms with Gasteiger partial charge in [0.25, 0.3) is 0 Å². The van der Waals surface area contributed by atoms with E-state index in [0.29, 0.717) is 40.5 Å². The molecular formula is C22H22Cl2N4O2. The standard InChI is InChI=1S/C22H22Cl2N4O2/c1-14-4-6-15(7-5-14)21-26-20(30-27-21)13-28-10-2-3-16(12-28)22(29)25-19-11-17(23)8-9-18(19)24/h4-9,11,16H,2-3,10,12-13H2,1H3,(H,25,29). The van der Waals surface area contributed by atoms with Crippen molar-refractivity contribution < 1.29 is 9.32 Å². The first-order valence-corrected chi connectivity index (χ1v) is 10.6. The van der Waals surface area contributed by atoms with Gasteiger partial charge in [-0.05, 0) is 44.5 Å². The zero-order valence-corrected chi connectivity index (χ0v) is 18.1. The predicted molar refractivity (Wildman–Crippen MR) is 118 cm³/mol. The molecule has 156 valence electrons. The van der Waals surface area contributed by atoms with E-state index in [1.54, 1.807) is 18.2 Å². The van der Waals surface area contributed by atoms with Crippen LogP contribution in [0.1, 0.15) is 24.3 Å². The molecule has 0 spiro atoms. The summed E-state index contributed by atoms with van der Waals surface area (Å²) in [4.78, 5) is 19.4. The van der Waals surface area contributed by atoms with Crippen molar-refractivity contribution in [3.05, 3.63) is 64.0 Å².